The first-order valence-corrected chi connectivity index (χ1v) is 8.10. The minimum atomic E-state index is 0.224. The SMILES string of the molecule is CCN(CC)c1ccc(C=Nc2ccc3oc(C)nc3c2)c(O)c1. The summed E-state index contributed by atoms with van der Waals surface area (Å²) in [4.78, 5) is 10.9. The summed E-state index contributed by atoms with van der Waals surface area (Å²) in [5, 5.41) is 10.2. The van der Waals surface area contributed by atoms with Crippen LogP contribution in [0, 0.1) is 6.92 Å². The van der Waals surface area contributed by atoms with Gasteiger partial charge in [-0.2, -0.15) is 0 Å². The molecule has 0 aliphatic carbocycles. The maximum atomic E-state index is 10.2. The molecule has 1 aromatic heterocycles. The second-order valence-electron chi connectivity index (χ2n) is 5.56. The zero-order chi connectivity index (χ0) is 17.1. The maximum absolute atomic E-state index is 10.2. The number of rotatable bonds is 5. The fraction of sp³-hybridized carbons (Fsp3) is 0.263. The number of aliphatic imine (C=N–C) groups is 1. The van der Waals surface area contributed by atoms with E-state index in [9.17, 15) is 5.11 Å². The van der Waals surface area contributed by atoms with Crippen molar-refractivity contribution in [2.75, 3.05) is 18.0 Å². The van der Waals surface area contributed by atoms with E-state index in [1.807, 2.05) is 37.3 Å². The average Bonchev–Trinajstić information content (AvgIpc) is 2.94. The van der Waals surface area contributed by atoms with Gasteiger partial charge < -0.3 is 14.4 Å². The summed E-state index contributed by atoms with van der Waals surface area (Å²) in [7, 11) is 0. The molecule has 0 fully saturated rings. The van der Waals surface area contributed by atoms with E-state index in [2.05, 4.69) is 28.7 Å². The van der Waals surface area contributed by atoms with E-state index < -0.39 is 0 Å². The molecule has 5 nitrogen and oxygen atoms in total. The molecule has 3 aromatic rings. The van der Waals surface area contributed by atoms with Gasteiger partial charge in [0.05, 0.1) is 5.69 Å². The summed E-state index contributed by atoms with van der Waals surface area (Å²) in [6, 6.07) is 11.2. The Morgan fingerprint density at radius 2 is 1.96 bits per heavy atom. The van der Waals surface area contributed by atoms with E-state index in [0.29, 0.717) is 11.5 Å². The number of aromatic hydroxyl groups is 1. The van der Waals surface area contributed by atoms with Crippen LogP contribution < -0.4 is 4.90 Å². The lowest BCUT2D eigenvalue weighted by molar-refractivity contribution is 0.474. The number of aryl methyl sites for hydroxylation is 1. The van der Waals surface area contributed by atoms with Crippen LogP contribution in [0.2, 0.25) is 0 Å². The fourth-order valence-corrected chi connectivity index (χ4v) is 2.68. The Bertz CT molecular complexity index is 879. The number of anilines is 1. The van der Waals surface area contributed by atoms with Crippen LogP contribution in [0.15, 0.2) is 45.8 Å². The molecule has 0 radical (unpaired) electrons. The van der Waals surface area contributed by atoms with E-state index in [-0.39, 0.29) is 5.75 Å². The van der Waals surface area contributed by atoms with Gasteiger partial charge in [-0.25, -0.2) is 4.98 Å². The lowest BCUT2D eigenvalue weighted by Crippen LogP contribution is -2.21. The molecular formula is C19H21N3O2. The molecule has 0 unspecified atom stereocenters. The number of nitrogens with zero attached hydrogens (tertiary/aromatic N) is 3. The lowest BCUT2D eigenvalue weighted by atomic mass is 10.2. The molecule has 0 spiro atoms. The molecule has 0 bridgehead atoms. The van der Waals surface area contributed by atoms with Gasteiger partial charge in [0.15, 0.2) is 11.5 Å². The summed E-state index contributed by atoms with van der Waals surface area (Å²) < 4.78 is 5.45. The number of phenolic OH excluding ortho intramolecular Hbond substituents is 1. The van der Waals surface area contributed by atoms with Crippen LogP contribution in [0.4, 0.5) is 11.4 Å². The number of hydrogen-bond acceptors (Lipinski definition) is 5. The number of aromatic nitrogens is 1. The van der Waals surface area contributed by atoms with Gasteiger partial charge in [-0.05, 0) is 44.2 Å². The van der Waals surface area contributed by atoms with Crippen molar-refractivity contribution in [2.24, 2.45) is 4.99 Å². The van der Waals surface area contributed by atoms with Crippen molar-refractivity contribution in [3.63, 3.8) is 0 Å². The van der Waals surface area contributed by atoms with Gasteiger partial charge in [0, 0.05) is 43.5 Å². The van der Waals surface area contributed by atoms with Crippen molar-refractivity contribution >= 4 is 28.7 Å². The summed E-state index contributed by atoms with van der Waals surface area (Å²) >= 11 is 0. The predicted octanol–water partition coefficient (Wildman–Crippen LogP) is 4.44. The van der Waals surface area contributed by atoms with E-state index in [4.69, 9.17) is 4.42 Å². The average molecular weight is 323 g/mol. The first kappa shape index (κ1) is 16.1. The highest BCUT2D eigenvalue weighted by molar-refractivity contribution is 5.87. The van der Waals surface area contributed by atoms with Crippen LogP contribution in [-0.4, -0.2) is 29.4 Å². The Morgan fingerprint density at radius 1 is 1.17 bits per heavy atom. The molecule has 24 heavy (non-hydrogen) atoms. The molecule has 2 aromatic carbocycles. The summed E-state index contributed by atoms with van der Waals surface area (Å²) in [5.74, 6) is 0.859. The van der Waals surface area contributed by atoms with E-state index in [1.54, 1.807) is 12.3 Å². The third kappa shape index (κ3) is 3.25. The van der Waals surface area contributed by atoms with Gasteiger partial charge in [-0.1, -0.05) is 0 Å². The molecule has 3 rings (SSSR count). The van der Waals surface area contributed by atoms with Crippen LogP contribution in [0.1, 0.15) is 25.3 Å². The highest BCUT2D eigenvalue weighted by Gasteiger charge is 2.06. The quantitative estimate of drug-likeness (QED) is 0.705. The summed E-state index contributed by atoms with van der Waals surface area (Å²) in [6.07, 6.45) is 1.66. The van der Waals surface area contributed by atoms with Crippen LogP contribution in [0.5, 0.6) is 5.75 Å². The number of phenols is 1. The van der Waals surface area contributed by atoms with Gasteiger partial charge in [0.25, 0.3) is 0 Å². The molecule has 1 N–H and O–H groups in total. The predicted molar refractivity (Wildman–Crippen MR) is 97.7 cm³/mol. The van der Waals surface area contributed by atoms with Crippen molar-refractivity contribution in [3.8, 4) is 5.75 Å². The largest absolute Gasteiger partial charge is 0.507 e. The maximum Gasteiger partial charge on any atom is 0.192 e. The lowest BCUT2D eigenvalue weighted by Gasteiger charge is -2.21. The topological polar surface area (TPSA) is 61.9 Å². The Balaban J connectivity index is 1.84. The molecule has 0 atom stereocenters. The Morgan fingerprint density at radius 3 is 2.67 bits per heavy atom. The third-order valence-corrected chi connectivity index (χ3v) is 3.97. The Hall–Kier alpha value is -2.82. The van der Waals surface area contributed by atoms with Gasteiger partial charge in [-0.3, -0.25) is 4.99 Å². The van der Waals surface area contributed by atoms with Gasteiger partial charge >= 0.3 is 0 Å². The van der Waals surface area contributed by atoms with Crippen molar-refractivity contribution < 1.29 is 9.52 Å². The molecular weight excluding hydrogens is 302 g/mol. The second-order valence-corrected chi connectivity index (χ2v) is 5.56. The van der Waals surface area contributed by atoms with E-state index in [0.717, 1.165) is 35.6 Å². The number of benzene rings is 2. The molecule has 0 saturated heterocycles. The fourth-order valence-electron chi connectivity index (χ4n) is 2.68. The molecule has 0 aliphatic heterocycles. The third-order valence-electron chi connectivity index (χ3n) is 3.97. The molecule has 1 heterocycles. The molecule has 0 aliphatic rings. The Kier molecular flexibility index (Phi) is 4.51. The van der Waals surface area contributed by atoms with Crippen LogP contribution >= 0.6 is 0 Å². The number of oxazole rings is 1. The highest BCUT2D eigenvalue weighted by Crippen LogP contribution is 2.25. The van der Waals surface area contributed by atoms with Gasteiger partial charge in [0.2, 0.25) is 0 Å². The van der Waals surface area contributed by atoms with E-state index in [1.165, 1.54) is 0 Å². The van der Waals surface area contributed by atoms with E-state index >= 15 is 0 Å². The summed E-state index contributed by atoms with van der Waals surface area (Å²) in [5.41, 5.74) is 3.99. The normalized spacial score (nSPS) is 11.5. The monoisotopic (exact) mass is 323 g/mol. The summed E-state index contributed by atoms with van der Waals surface area (Å²) in [6.45, 7) is 7.81. The van der Waals surface area contributed by atoms with Crippen molar-refractivity contribution in [1.82, 2.24) is 4.98 Å². The van der Waals surface area contributed by atoms with Crippen LogP contribution in [0.3, 0.4) is 0 Å². The molecule has 0 saturated carbocycles. The van der Waals surface area contributed by atoms with Crippen molar-refractivity contribution in [2.45, 2.75) is 20.8 Å². The zero-order valence-corrected chi connectivity index (χ0v) is 14.2. The molecule has 124 valence electrons. The number of hydrogen-bond donors (Lipinski definition) is 1. The first-order chi connectivity index (χ1) is 11.6. The zero-order valence-electron chi connectivity index (χ0n) is 14.2. The van der Waals surface area contributed by atoms with Crippen molar-refractivity contribution in [3.05, 3.63) is 47.9 Å². The van der Waals surface area contributed by atoms with Crippen molar-refractivity contribution in [1.29, 1.82) is 0 Å². The highest BCUT2D eigenvalue weighted by atomic mass is 16.3. The van der Waals surface area contributed by atoms with Gasteiger partial charge in [0.1, 0.15) is 11.3 Å². The standard InChI is InChI=1S/C19H21N3O2/c1-4-22(5-2)16-8-6-14(18(23)11-16)12-20-15-7-9-19-17(10-15)21-13(3)24-19/h6-12,23H,4-5H2,1-3H3. The number of fused-ring (bicyclic) bond motifs is 1. The first-order valence-electron chi connectivity index (χ1n) is 8.10. The minimum absolute atomic E-state index is 0.224. The Labute approximate surface area is 141 Å². The minimum Gasteiger partial charge on any atom is -0.507 e. The van der Waals surface area contributed by atoms with Crippen LogP contribution in [-0.2, 0) is 0 Å². The van der Waals surface area contributed by atoms with Gasteiger partial charge in [-0.15, -0.1) is 0 Å². The smallest absolute Gasteiger partial charge is 0.192 e. The molecule has 0 amide bonds. The molecule has 5 heteroatoms. The van der Waals surface area contributed by atoms with Crippen LogP contribution in [0.25, 0.3) is 11.1 Å². The second kappa shape index (κ2) is 6.74.